The average molecular weight is 264 g/mol. The van der Waals surface area contributed by atoms with E-state index in [9.17, 15) is 0 Å². The van der Waals surface area contributed by atoms with Gasteiger partial charge in [0.25, 0.3) is 0 Å². The van der Waals surface area contributed by atoms with Gasteiger partial charge in [0.05, 0.1) is 5.02 Å². The monoisotopic (exact) mass is 263 g/mol. The zero-order chi connectivity index (χ0) is 12.5. The van der Waals surface area contributed by atoms with Crippen LogP contribution in [0.4, 0.5) is 0 Å². The summed E-state index contributed by atoms with van der Waals surface area (Å²) in [5, 5.41) is 5.33. The van der Waals surface area contributed by atoms with E-state index in [2.05, 4.69) is 18.3 Å². The molecule has 0 aliphatic heterocycles. The summed E-state index contributed by atoms with van der Waals surface area (Å²) in [6.07, 6.45) is 3.79. The van der Waals surface area contributed by atoms with Gasteiger partial charge < -0.3 is 9.73 Å². The molecule has 1 aliphatic carbocycles. The summed E-state index contributed by atoms with van der Waals surface area (Å²) in [5.41, 5.74) is 0.816. The Labute approximate surface area is 112 Å². The lowest BCUT2D eigenvalue weighted by molar-refractivity contribution is 0.477. The fraction of sp³-hybridized carbons (Fsp3) is 0.467. The van der Waals surface area contributed by atoms with Crippen molar-refractivity contribution in [1.29, 1.82) is 0 Å². The molecule has 1 atom stereocenters. The van der Waals surface area contributed by atoms with Gasteiger partial charge in [-0.1, -0.05) is 30.7 Å². The molecule has 0 spiro atoms. The molecule has 3 heteroatoms. The molecule has 1 N–H and O–H groups in total. The summed E-state index contributed by atoms with van der Waals surface area (Å²) in [4.78, 5) is 0. The largest absolute Gasteiger partial charge is 0.459 e. The van der Waals surface area contributed by atoms with Crippen LogP contribution in [0.1, 0.15) is 37.9 Å². The Kier molecular flexibility index (Phi) is 3.31. The predicted octanol–water partition coefficient (Wildman–Crippen LogP) is 4.33. The molecule has 1 saturated carbocycles. The van der Waals surface area contributed by atoms with Gasteiger partial charge in [-0.3, -0.25) is 0 Å². The van der Waals surface area contributed by atoms with E-state index in [1.807, 2.05) is 18.2 Å². The molecule has 3 rings (SSSR count). The number of halogens is 1. The summed E-state index contributed by atoms with van der Waals surface area (Å²) in [7, 11) is 0. The van der Waals surface area contributed by atoms with Crippen molar-refractivity contribution in [3.8, 4) is 0 Å². The van der Waals surface area contributed by atoms with Gasteiger partial charge in [0.2, 0.25) is 0 Å². The number of hydrogen-bond donors (Lipinski definition) is 1. The van der Waals surface area contributed by atoms with Crippen LogP contribution in [0.15, 0.2) is 28.7 Å². The molecule has 1 aromatic carbocycles. The summed E-state index contributed by atoms with van der Waals surface area (Å²) in [5.74, 6) is 1.47. The molecule has 96 valence electrons. The molecule has 0 radical (unpaired) electrons. The molecule has 1 unspecified atom stereocenters. The van der Waals surface area contributed by atoms with Crippen LogP contribution in [-0.2, 0) is 0 Å². The van der Waals surface area contributed by atoms with Crippen LogP contribution < -0.4 is 5.32 Å². The molecule has 1 fully saturated rings. The molecule has 0 bridgehead atoms. The van der Waals surface area contributed by atoms with Gasteiger partial charge in [-0.25, -0.2) is 0 Å². The van der Waals surface area contributed by atoms with Crippen molar-refractivity contribution in [2.45, 2.75) is 38.1 Å². The second-order valence-corrected chi connectivity index (χ2v) is 5.63. The highest BCUT2D eigenvalue weighted by atomic mass is 35.5. The number of para-hydroxylation sites is 1. The maximum Gasteiger partial charge on any atom is 0.152 e. The molecule has 1 aromatic heterocycles. The van der Waals surface area contributed by atoms with Crippen LogP contribution in [0.3, 0.4) is 0 Å². The van der Waals surface area contributed by atoms with Crippen LogP contribution in [0.5, 0.6) is 0 Å². The predicted molar refractivity (Wildman–Crippen MR) is 75.3 cm³/mol. The van der Waals surface area contributed by atoms with Crippen LogP contribution in [0, 0.1) is 0 Å². The van der Waals surface area contributed by atoms with Gasteiger partial charge >= 0.3 is 0 Å². The molecule has 1 aliphatic rings. The lowest BCUT2D eigenvalue weighted by Gasteiger charge is -2.08. The minimum atomic E-state index is 0.430. The molecule has 0 saturated heterocycles. The van der Waals surface area contributed by atoms with Crippen molar-refractivity contribution >= 4 is 22.6 Å². The number of fused-ring (bicyclic) bond motifs is 1. The number of benzene rings is 1. The SMILES string of the molecule is CC(CCNC1CC1)c1cc2cccc(Cl)c2o1. The van der Waals surface area contributed by atoms with Gasteiger partial charge in [0, 0.05) is 17.3 Å². The topological polar surface area (TPSA) is 25.2 Å². The third-order valence-electron chi connectivity index (χ3n) is 3.59. The summed E-state index contributed by atoms with van der Waals surface area (Å²) >= 11 is 6.12. The molecular formula is C15H18ClNO. The van der Waals surface area contributed by atoms with Crippen molar-refractivity contribution in [3.05, 3.63) is 35.0 Å². The highest BCUT2D eigenvalue weighted by molar-refractivity contribution is 6.34. The van der Waals surface area contributed by atoms with E-state index in [4.69, 9.17) is 16.0 Å². The highest BCUT2D eigenvalue weighted by Crippen LogP contribution is 2.31. The molecule has 2 aromatic rings. The smallest absolute Gasteiger partial charge is 0.152 e. The Bertz CT molecular complexity index is 544. The second kappa shape index (κ2) is 4.94. The van der Waals surface area contributed by atoms with E-state index in [1.165, 1.54) is 12.8 Å². The lowest BCUT2D eigenvalue weighted by atomic mass is 10.0. The van der Waals surface area contributed by atoms with Gasteiger partial charge in [-0.05, 0) is 37.9 Å². The molecular weight excluding hydrogens is 246 g/mol. The van der Waals surface area contributed by atoms with Crippen molar-refractivity contribution in [3.63, 3.8) is 0 Å². The van der Waals surface area contributed by atoms with Gasteiger partial charge in [-0.15, -0.1) is 0 Å². The molecule has 1 heterocycles. The van der Waals surface area contributed by atoms with Crippen LogP contribution in [-0.4, -0.2) is 12.6 Å². The van der Waals surface area contributed by atoms with Crippen molar-refractivity contribution in [2.75, 3.05) is 6.54 Å². The fourth-order valence-corrected chi connectivity index (χ4v) is 2.44. The van der Waals surface area contributed by atoms with Gasteiger partial charge in [0.1, 0.15) is 5.76 Å². The third-order valence-corrected chi connectivity index (χ3v) is 3.89. The van der Waals surface area contributed by atoms with Crippen LogP contribution in [0.2, 0.25) is 5.02 Å². The maximum atomic E-state index is 6.12. The second-order valence-electron chi connectivity index (χ2n) is 5.23. The Morgan fingerprint density at radius 1 is 1.44 bits per heavy atom. The van der Waals surface area contributed by atoms with Crippen molar-refractivity contribution < 1.29 is 4.42 Å². The first-order chi connectivity index (χ1) is 8.74. The summed E-state index contributed by atoms with van der Waals surface area (Å²) in [6.45, 7) is 3.27. The number of rotatable bonds is 5. The van der Waals surface area contributed by atoms with E-state index in [-0.39, 0.29) is 0 Å². The first kappa shape index (κ1) is 12.1. The minimum Gasteiger partial charge on any atom is -0.459 e. The maximum absolute atomic E-state index is 6.12. The van der Waals surface area contributed by atoms with Gasteiger partial charge in [-0.2, -0.15) is 0 Å². The van der Waals surface area contributed by atoms with Crippen LogP contribution >= 0.6 is 11.6 Å². The normalized spacial score (nSPS) is 17.2. The number of nitrogens with one attached hydrogen (secondary N) is 1. The van der Waals surface area contributed by atoms with E-state index in [0.29, 0.717) is 10.9 Å². The molecule has 18 heavy (non-hydrogen) atoms. The quantitative estimate of drug-likeness (QED) is 0.869. The summed E-state index contributed by atoms with van der Waals surface area (Å²) < 4.78 is 5.87. The van der Waals surface area contributed by atoms with E-state index < -0.39 is 0 Å². The average Bonchev–Trinajstić information content (AvgIpc) is 3.06. The lowest BCUT2D eigenvalue weighted by Crippen LogP contribution is -2.18. The van der Waals surface area contributed by atoms with Crippen molar-refractivity contribution in [2.24, 2.45) is 0 Å². The molecule has 0 amide bonds. The standard InChI is InChI=1S/C15H18ClNO/c1-10(7-8-17-12-5-6-12)14-9-11-3-2-4-13(16)15(11)18-14/h2-4,9-10,12,17H,5-8H2,1H3. The molecule has 2 nitrogen and oxygen atoms in total. The minimum absolute atomic E-state index is 0.430. The summed E-state index contributed by atoms with van der Waals surface area (Å²) in [6, 6.07) is 8.77. The Morgan fingerprint density at radius 2 is 2.28 bits per heavy atom. The zero-order valence-electron chi connectivity index (χ0n) is 10.6. The van der Waals surface area contributed by atoms with E-state index >= 15 is 0 Å². The first-order valence-electron chi connectivity index (χ1n) is 6.65. The third kappa shape index (κ3) is 2.55. The number of furan rings is 1. The van der Waals surface area contributed by atoms with Crippen LogP contribution in [0.25, 0.3) is 11.0 Å². The van der Waals surface area contributed by atoms with Crippen molar-refractivity contribution in [1.82, 2.24) is 5.32 Å². The Morgan fingerprint density at radius 3 is 3.00 bits per heavy atom. The number of hydrogen-bond acceptors (Lipinski definition) is 2. The Balaban J connectivity index is 1.70. The van der Waals surface area contributed by atoms with Gasteiger partial charge in [0.15, 0.2) is 5.58 Å². The highest BCUT2D eigenvalue weighted by Gasteiger charge is 2.20. The zero-order valence-corrected chi connectivity index (χ0v) is 11.3. The van der Waals surface area contributed by atoms with E-state index in [0.717, 1.165) is 35.7 Å². The first-order valence-corrected chi connectivity index (χ1v) is 7.03. The van der Waals surface area contributed by atoms with E-state index in [1.54, 1.807) is 0 Å². The fourth-order valence-electron chi connectivity index (χ4n) is 2.22. The Hall–Kier alpha value is -0.990.